The molecule has 2 unspecified atom stereocenters. The van der Waals surface area contributed by atoms with Crippen molar-refractivity contribution in [2.45, 2.75) is 44.3 Å². The molecular weight excluding hydrogens is 250 g/mol. The van der Waals surface area contributed by atoms with Gasteiger partial charge in [0.1, 0.15) is 6.42 Å². The SMILES string of the molecule is O=C(O)CC(=O)N(CC1CCCO1)CC1CCCO1. The fourth-order valence-electron chi connectivity index (χ4n) is 2.59. The van der Waals surface area contributed by atoms with Crippen LogP contribution in [-0.4, -0.2) is 60.4 Å². The first-order valence-corrected chi connectivity index (χ1v) is 6.88. The van der Waals surface area contributed by atoms with Crippen molar-refractivity contribution in [3.63, 3.8) is 0 Å². The summed E-state index contributed by atoms with van der Waals surface area (Å²) in [6, 6.07) is 0. The lowest BCUT2D eigenvalue weighted by Gasteiger charge is -2.27. The van der Waals surface area contributed by atoms with Crippen molar-refractivity contribution >= 4 is 11.9 Å². The van der Waals surface area contributed by atoms with Gasteiger partial charge in [-0.25, -0.2) is 0 Å². The zero-order valence-corrected chi connectivity index (χ0v) is 11.0. The second-order valence-corrected chi connectivity index (χ2v) is 5.14. The summed E-state index contributed by atoms with van der Waals surface area (Å²) < 4.78 is 11.0. The van der Waals surface area contributed by atoms with Gasteiger partial charge in [0, 0.05) is 26.3 Å². The second kappa shape index (κ2) is 6.86. The highest BCUT2D eigenvalue weighted by molar-refractivity contribution is 5.93. The number of carboxylic acids is 1. The van der Waals surface area contributed by atoms with E-state index < -0.39 is 12.4 Å². The van der Waals surface area contributed by atoms with E-state index in [4.69, 9.17) is 14.6 Å². The average molecular weight is 271 g/mol. The van der Waals surface area contributed by atoms with Gasteiger partial charge in [0.15, 0.2) is 0 Å². The number of hydrogen-bond donors (Lipinski definition) is 1. The minimum absolute atomic E-state index is 0.0409. The number of ether oxygens (including phenoxy) is 2. The van der Waals surface area contributed by atoms with Crippen LogP contribution >= 0.6 is 0 Å². The summed E-state index contributed by atoms with van der Waals surface area (Å²) in [6.45, 7) is 2.41. The van der Waals surface area contributed by atoms with Gasteiger partial charge < -0.3 is 19.5 Å². The van der Waals surface area contributed by atoms with Crippen molar-refractivity contribution < 1.29 is 24.2 Å². The molecule has 0 bridgehead atoms. The molecule has 0 aromatic carbocycles. The van der Waals surface area contributed by atoms with Gasteiger partial charge in [-0.15, -0.1) is 0 Å². The molecule has 2 heterocycles. The number of carbonyl (C=O) groups is 2. The molecule has 0 aromatic heterocycles. The molecule has 1 amide bonds. The first-order valence-electron chi connectivity index (χ1n) is 6.88. The lowest BCUT2D eigenvalue weighted by atomic mass is 10.2. The first kappa shape index (κ1) is 14.3. The van der Waals surface area contributed by atoms with Gasteiger partial charge in [-0.3, -0.25) is 9.59 Å². The molecule has 2 rings (SSSR count). The van der Waals surface area contributed by atoms with Gasteiger partial charge in [-0.05, 0) is 25.7 Å². The Morgan fingerprint density at radius 2 is 1.58 bits per heavy atom. The summed E-state index contributed by atoms with van der Waals surface area (Å²) in [5.41, 5.74) is 0. The van der Waals surface area contributed by atoms with Crippen LogP contribution < -0.4 is 0 Å². The maximum absolute atomic E-state index is 12.0. The van der Waals surface area contributed by atoms with Gasteiger partial charge in [0.05, 0.1) is 12.2 Å². The van der Waals surface area contributed by atoms with Crippen LogP contribution in [0.1, 0.15) is 32.1 Å². The highest BCUT2D eigenvalue weighted by Gasteiger charge is 2.27. The molecule has 2 atom stereocenters. The van der Waals surface area contributed by atoms with Crippen LogP contribution in [0.2, 0.25) is 0 Å². The number of nitrogens with zero attached hydrogens (tertiary/aromatic N) is 1. The zero-order valence-electron chi connectivity index (χ0n) is 11.0. The minimum Gasteiger partial charge on any atom is -0.481 e. The molecule has 0 aliphatic carbocycles. The number of amides is 1. The fraction of sp³-hybridized carbons (Fsp3) is 0.846. The Morgan fingerprint density at radius 1 is 1.05 bits per heavy atom. The van der Waals surface area contributed by atoms with Gasteiger partial charge >= 0.3 is 5.97 Å². The standard InChI is InChI=1S/C13H21NO5/c15-12(7-13(16)17)14(8-10-3-1-5-18-10)9-11-4-2-6-19-11/h10-11H,1-9H2,(H,16,17). The number of carbonyl (C=O) groups excluding carboxylic acids is 1. The van der Waals surface area contributed by atoms with E-state index in [2.05, 4.69) is 0 Å². The van der Waals surface area contributed by atoms with Gasteiger partial charge in [0.25, 0.3) is 0 Å². The molecule has 0 aromatic rings. The Morgan fingerprint density at radius 3 is 1.95 bits per heavy atom. The summed E-state index contributed by atoms with van der Waals surface area (Å²) >= 11 is 0. The predicted octanol–water partition coefficient (Wildman–Crippen LogP) is 0.648. The molecule has 6 nitrogen and oxygen atoms in total. The highest BCUT2D eigenvalue weighted by Crippen LogP contribution is 2.17. The molecule has 2 aliphatic heterocycles. The molecule has 2 aliphatic rings. The third-order valence-corrected chi connectivity index (χ3v) is 3.55. The van der Waals surface area contributed by atoms with Gasteiger partial charge in [-0.1, -0.05) is 0 Å². The van der Waals surface area contributed by atoms with E-state index in [0.29, 0.717) is 13.1 Å². The van der Waals surface area contributed by atoms with Crippen molar-refractivity contribution in [3.8, 4) is 0 Å². The number of hydrogen-bond acceptors (Lipinski definition) is 4. The van der Waals surface area contributed by atoms with E-state index in [1.54, 1.807) is 4.90 Å². The molecule has 2 fully saturated rings. The van der Waals surface area contributed by atoms with Crippen LogP contribution in [0.15, 0.2) is 0 Å². The van der Waals surface area contributed by atoms with Crippen LogP contribution in [0.4, 0.5) is 0 Å². The summed E-state index contributed by atoms with van der Waals surface area (Å²) in [6.07, 6.45) is 3.50. The monoisotopic (exact) mass is 271 g/mol. The Hall–Kier alpha value is -1.14. The van der Waals surface area contributed by atoms with Crippen molar-refractivity contribution in [2.24, 2.45) is 0 Å². The average Bonchev–Trinajstić information content (AvgIpc) is 2.99. The van der Waals surface area contributed by atoms with E-state index in [1.807, 2.05) is 0 Å². The molecule has 0 saturated carbocycles. The molecule has 0 spiro atoms. The lowest BCUT2D eigenvalue weighted by molar-refractivity contribution is -0.145. The molecule has 2 saturated heterocycles. The molecule has 108 valence electrons. The van der Waals surface area contributed by atoms with Crippen LogP contribution in [0, 0.1) is 0 Å². The molecule has 0 radical (unpaired) electrons. The third kappa shape index (κ3) is 4.47. The summed E-state index contributed by atoms with van der Waals surface area (Å²) in [5, 5.41) is 8.74. The Bertz CT molecular complexity index is 303. The smallest absolute Gasteiger partial charge is 0.312 e. The molecular formula is C13H21NO5. The van der Waals surface area contributed by atoms with E-state index in [1.165, 1.54) is 0 Å². The van der Waals surface area contributed by atoms with Crippen molar-refractivity contribution in [1.29, 1.82) is 0 Å². The summed E-state index contributed by atoms with van der Waals surface area (Å²) in [4.78, 5) is 24.2. The summed E-state index contributed by atoms with van der Waals surface area (Å²) in [7, 11) is 0. The van der Waals surface area contributed by atoms with Crippen LogP contribution in [0.5, 0.6) is 0 Å². The van der Waals surface area contributed by atoms with Crippen molar-refractivity contribution in [1.82, 2.24) is 4.90 Å². The van der Waals surface area contributed by atoms with E-state index in [-0.39, 0.29) is 18.1 Å². The fourth-order valence-corrected chi connectivity index (χ4v) is 2.59. The zero-order chi connectivity index (χ0) is 13.7. The highest BCUT2D eigenvalue weighted by atomic mass is 16.5. The Kier molecular flexibility index (Phi) is 5.15. The van der Waals surface area contributed by atoms with Crippen LogP contribution in [0.3, 0.4) is 0 Å². The maximum Gasteiger partial charge on any atom is 0.312 e. The normalized spacial score (nSPS) is 26.5. The Balaban J connectivity index is 1.90. The van der Waals surface area contributed by atoms with E-state index in [0.717, 1.165) is 38.9 Å². The Labute approximate surface area is 112 Å². The minimum atomic E-state index is -1.09. The van der Waals surface area contributed by atoms with E-state index >= 15 is 0 Å². The maximum atomic E-state index is 12.0. The number of rotatable bonds is 6. The van der Waals surface area contributed by atoms with Crippen molar-refractivity contribution in [2.75, 3.05) is 26.3 Å². The largest absolute Gasteiger partial charge is 0.481 e. The third-order valence-electron chi connectivity index (χ3n) is 3.55. The molecule has 19 heavy (non-hydrogen) atoms. The second-order valence-electron chi connectivity index (χ2n) is 5.14. The number of aliphatic carboxylic acids is 1. The van der Waals surface area contributed by atoms with Gasteiger partial charge in [-0.2, -0.15) is 0 Å². The predicted molar refractivity (Wildman–Crippen MR) is 66.8 cm³/mol. The van der Waals surface area contributed by atoms with Crippen LogP contribution in [-0.2, 0) is 19.1 Å². The van der Waals surface area contributed by atoms with Crippen molar-refractivity contribution in [3.05, 3.63) is 0 Å². The molecule has 6 heteroatoms. The topological polar surface area (TPSA) is 76.1 Å². The number of carboxylic acid groups (broad SMARTS) is 1. The summed E-state index contributed by atoms with van der Waals surface area (Å²) in [5.74, 6) is -1.44. The van der Waals surface area contributed by atoms with E-state index in [9.17, 15) is 9.59 Å². The van der Waals surface area contributed by atoms with Crippen LogP contribution in [0.25, 0.3) is 0 Å². The first-order chi connectivity index (χ1) is 9.15. The molecule has 1 N–H and O–H groups in total. The lowest BCUT2D eigenvalue weighted by Crippen LogP contribution is -2.42. The van der Waals surface area contributed by atoms with Gasteiger partial charge in [0.2, 0.25) is 5.91 Å². The quantitative estimate of drug-likeness (QED) is 0.718.